The van der Waals surface area contributed by atoms with Crippen LogP contribution in [0.2, 0.25) is 0 Å². The molecule has 0 radical (unpaired) electrons. The maximum Gasteiger partial charge on any atom is 0.0964 e. The normalized spacial score (nSPS) is 19.0. The average Bonchev–Trinajstić information content (AvgIpc) is 2.53. The van der Waals surface area contributed by atoms with Gasteiger partial charge in [0.05, 0.1) is 17.9 Å². The Kier molecular flexibility index (Phi) is 3.72. The summed E-state index contributed by atoms with van der Waals surface area (Å²) in [5, 5.41) is 11.5. The molecule has 4 heteroatoms. The molecule has 0 bridgehead atoms. The van der Waals surface area contributed by atoms with Crippen molar-refractivity contribution in [3.05, 3.63) is 11.9 Å². The molecule has 0 spiro atoms. The van der Waals surface area contributed by atoms with E-state index in [0.717, 1.165) is 12.2 Å². The van der Waals surface area contributed by atoms with E-state index in [0.29, 0.717) is 6.04 Å². The van der Waals surface area contributed by atoms with Crippen LogP contribution in [0, 0.1) is 0 Å². The van der Waals surface area contributed by atoms with Crippen LogP contribution in [0.1, 0.15) is 50.3 Å². The highest BCUT2D eigenvalue weighted by molar-refractivity contribution is 4.92. The Morgan fingerprint density at radius 2 is 2.07 bits per heavy atom. The molecule has 1 aromatic heterocycles. The SMILES string of the molecule is CNCc1cn(C2CCCCCC2)nn1. The first-order valence-corrected chi connectivity index (χ1v) is 5.95. The molecule has 1 aliphatic carbocycles. The molecule has 15 heavy (non-hydrogen) atoms. The second-order valence-corrected chi connectivity index (χ2v) is 4.37. The standard InChI is InChI=1S/C11H20N4/c1-12-8-10-9-15(14-13-10)11-6-4-2-3-5-7-11/h9,11-12H,2-8H2,1H3. The molecule has 84 valence electrons. The molecule has 0 saturated heterocycles. The minimum absolute atomic E-state index is 0.589. The fraction of sp³-hybridized carbons (Fsp3) is 0.818. The summed E-state index contributed by atoms with van der Waals surface area (Å²) < 4.78 is 2.07. The molecule has 0 atom stereocenters. The summed E-state index contributed by atoms with van der Waals surface area (Å²) in [7, 11) is 1.94. The lowest BCUT2D eigenvalue weighted by molar-refractivity contribution is 0.396. The van der Waals surface area contributed by atoms with E-state index in [1.54, 1.807) is 0 Å². The van der Waals surface area contributed by atoms with Crippen molar-refractivity contribution >= 4 is 0 Å². The van der Waals surface area contributed by atoms with Crippen molar-refractivity contribution in [1.29, 1.82) is 0 Å². The molecule has 1 fully saturated rings. The molecular weight excluding hydrogens is 188 g/mol. The summed E-state index contributed by atoms with van der Waals surface area (Å²) >= 11 is 0. The Labute approximate surface area is 91.1 Å². The lowest BCUT2D eigenvalue weighted by Crippen LogP contribution is -2.09. The zero-order valence-electron chi connectivity index (χ0n) is 9.45. The molecule has 1 aliphatic rings. The van der Waals surface area contributed by atoms with Crippen LogP contribution in [-0.2, 0) is 6.54 Å². The number of aromatic nitrogens is 3. The smallest absolute Gasteiger partial charge is 0.0964 e. The number of rotatable bonds is 3. The minimum Gasteiger partial charge on any atom is -0.314 e. The van der Waals surface area contributed by atoms with Crippen LogP contribution in [0.25, 0.3) is 0 Å². The molecule has 0 aliphatic heterocycles. The topological polar surface area (TPSA) is 42.7 Å². The lowest BCUT2D eigenvalue weighted by atomic mass is 10.1. The van der Waals surface area contributed by atoms with Crippen LogP contribution in [0.5, 0.6) is 0 Å². The van der Waals surface area contributed by atoms with Crippen molar-refractivity contribution in [2.75, 3.05) is 7.05 Å². The maximum atomic E-state index is 4.23. The molecular formula is C11H20N4. The first-order valence-electron chi connectivity index (χ1n) is 5.95. The van der Waals surface area contributed by atoms with E-state index in [4.69, 9.17) is 0 Å². The van der Waals surface area contributed by atoms with Crippen LogP contribution >= 0.6 is 0 Å². The van der Waals surface area contributed by atoms with E-state index in [-0.39, 0.29) is 0 Å². The average molecular weight is 208 g/mol. The third-order valence-electron chi connectivity index (χ3n) is 3.11. The van der Waals surface area contributed by atoms with E-state index in [1.807, 2.05) is 7.05 Å². The molecule has 0 amide bonds. The second kappa shape index (κ2) is 5.26. The summed E-state index contributed by atoms with van der Waals surface area (Å²) in [6.45, 7) is 0.812. The van der Waals surface area contributed by atoms with Crippen molar-refractivity contribution < 1.29 is 0 Å². The Balaban J connectivity index is 2.00. The molecule has 1 heterocycles. The van der Waals surface area contributed by atoms with Crippen LogP contribution in [0.15, 0.2) is 6.20 Å². The first-order chi connectivity index (χ1) is 7.40. The van der Waals surface area contributed by atoms with Crippen molar-refractivity contribution in [3.8, 4) is 0 Å². The van der Waals surface area contributed by atoms with Crippen LogP contribution in [0.3, 0.4) is 0 Å². The van der Waals surface area contributed by atoms with E-state index >= 15 is 0 Å². The summed E-state index contributed by atoms with van der Waals surface area (Å²) in [6, 6.07) is 0.589. The monoisotopic (exact) mass is 208 g/mol. The third kappa shape index (κ3) is 2.78. The quantitative estimate of drug-likeness (QED) is 0.771. The fourth-order valence-corrected chi connectivity index (χ4v) is 2.28. The molecule has 2 rings (SSSR count). The van der Waals surface area contributed by atoms with Crippen molar-refractivity contribution in [2.45, 2.75) is 51.1 Å². The van der Waals surface area contributed by atoms with E-state index in [1.165, 1.54) is 38.5 Å². The maximum absolute atomic E-state index is 4.23. The molecule has 1 N–H and O–H groups in total. The highest BCUT2D eigenvalue weighted by Crippen LogP contribution is 2.26. The van der Waals surface area contributed by atoms with Crippen LogP contribution < -0.4 is 5.32 Å². The summed E-state index contributed by atoms with van der Waals surface area (Å²) in [6.07, 6.45) is 10.1. The fourth-order valence-electron chi connectivity index (χ4n) is 2.28. The van der Waals surface area contributed by atoms with Gasteiger partial charge in [-0.2, -0.15) is 0 Å². The lowest BCUT2D eigenvalue weighted by Gasteiger charge is -2.12. The largest absolute Gasteiger partial charge is 0.314 e. The van der Waals surface area contributed by atoms with Gasteiger partial charge in [0, 0.05) is 6.54 Å². The molecule has 0 aromatic carbocycles. The highest BCUT2D eigenvalue weighted by Gasteiger charge is 2.15. The van der Waals surface area contributed by atoms with Gasteiger partial charge in [0.25, 0.3) is 0 Å². The Morgan fingerprint density at radius 1 is 1.33 bits per heavy atom. The highest BCUT2D eigenvalue weighted by atomic mass is 15.4. The van der Waals surface area contributed by atoms with Gasteiger partial charge in [-0.25, -0.2) is 4.68 Å². The van der Waals surface area contributed by atoms with Gasteiger partial charge in [0.2, 0.25) is 0 Å². The summed E-state index contributed by atoms with van der Waals surface area (Å²) in [5.41, 5.74) is 1.04. The van der Waals surface area contributed by atoms with Gasteiger partial charge in [-0.3, -0.25) is 0 Å². The Bertz CT molecular complexity index is 287. The summed E-state index contributed by atoms with van der Waals surface area (Å²) in [4.78, 5) is 0. The zero-order chi connectivity index (χ0) is 10.5. The number of nitrogens with zero attached hydrogens (tertiary/aromatic N) is 3. The van der Waals surface area contributed by atoms with Crippen molar-refractivity contribution in [3.63, 3.8) is 0 Å². The number of hydrogen-bond donors (Lipinski definition) is 1. The van der Waals surface area contributed by atoms with Gasteiger partial charge in [0.1, 0.15) is 0 Å². The van der Waals surface area contributed by atoms with Crippen LogP contribution in [0.4, 0.5) is 0 Å². The van der Waals surface area contributed by atoms with Gasteiger partial charge in [-0.05, 0) is 19.9 Å². The predicted molar refractivity (Wildman–Crippen MR) is 59.5 cm³/mol. The second-order valence-electron chi connectivity index (χ2n) is 4.37. The van der Waals surface area contributed by atoms with Gasteiger partial charge >= 0.3 is 0 Å². The molecule has 1 saturated carbocycles. The number of hydrogen-bond acceptors (Lipinski definition) is 3. The van der Waals surface area contributed by atoms with Gasteiger partial charge in [-0.1, -0.05) is 30.9 Å². The Morgan fingerprint density at radius 3 is 2.73 bits per heavy atom. The van der Waals surface area contributed by atoms with Crippen molar-refractivity contribution in [1.82, 2.24) is 20.3 Å². The van der Waals surface area contributed by atoms with E-state index in [9.17, 15) is 0 Å². The third-order valence-corrected chi connectivity index (χ3v) is 3.11. The molecule has 1 aromatic rings. The van der Waals surface area contributed by atoms with Crippen molar-refractivity contribution in [2.24, 2.45) is 0 Å². The van der Waals surface area contributed by atoms with E-state index < -0.39 is 0 Å². The number of nitrogens with one attached hydrogen (secondary N) is 1. The van der Waals surface area contributed by atoms with Gasteiger partial charge < -0.3 is 5.32 Å². The summed E-state index contributed by atoms with van der Waals surface area (Å²) in [5.74, 6) is 0. The van der Waals surface area contributed by atoms with Gasteiger partial charge in [-0.15, -0.1) is 5.10 Å². The zero-order valence-corrected chi connectivity index (χ0v) is 9.45. The van der Waals surface area contributed by atoms with E-state index in [2.05, 4.69) is 26.5 Å². The predicted octanol–water partition coefficient (Wildman–Crippen LogP) is 1.89. The van der Waals surface area contributed by atoms with Crippen LogP contribution in [-0.4, -0.2) is 22.0 Å². The molecule has 0 unspecified atom stereocenters. The minimum atomic E-state index is 0.589. The first kappa shape index (κ1) is 10.6. The Hall–Kier alpha value is -0.900. The van der Waals surface area contributed by atoms with Gasteiger partial charge in [0.15, 0.2) is 0 Å². The molecule has 4 nitrogen and oxygen atoms in total.